The summed E-state index contributed by atoms with van der Waals surface area (Å²) in [7, 11) is 0. The van der Waals surface area contributed by atoms with Crippen LogP contribution in [0.15, 0.2) is 12.3 Å². The van der Waals surface area contributed by atoms with Gasteiger partial charge in [-0.15, -0.1) is 0 Å². The number of hydrogen-bond acceptors (Lipinski definition) is 3. The van der Waals surface area contributed by atoms with Crippen molar-refractivity contribution in [2.75, 3.05) is 5.73 Å². The number of nitrogen functional groups attached to an aromatic ring is 1. The lowest BCUT2D eigenvalue weighted by Crippen LogP contribution is -2.39. The summed E-state index contributed by atoms with van der Waals surface area (Å²) < 4.78 is 0. The van der Waals surface area contributed by atoms with Gasteiger partial charge in [0.15, 0.2) is 0 Å². The fraction of sp³-hybridized carbons (Fsp3) is 0.600. The van der Waals surface area contributed by atoms with Crippen molar-refractivity contribution in [3.63, 3.8) is 0 Å². The summed E-state index contributed by atoms with van der Waals surface area (Å²) in [5, 5.41) is 3.16. The van der Waals surface area contributed by atoms with E-state index in [1.807, 2.05) is 6.92 Å². The molecular formula is C15H23N3O. The summed E-state index contributed by atoms with van der Waals surface area (Å²) in [6.45, 7) is 4.06. The van der Waals surface area contributed by atoms with Crippen molar-refractivity contribution in [3.05, 3.63) is 23.5 Å². The number of nitrogens with zero attached hydrogens (tertiary/aromatic N) is 1. The third kappa shape index (κ3) is 3.46. The van der Waals surface area contributed by atoms with Gasteiger partial charge in [-0.3, -0.25) is 9.78 Å². The Morgan fingerprint density at radius 2 is 2.11 bits per heavy atom. The highest BCUT2D eigenvalue weighted by Gasteiger charge is 2.22. The molecule has 2 unspecified atom stereocenters. The van der Waals surface area contributed by atoms with Crippen molar-refractivity contribution in [2.45, 2.75) is 52.0 Å². The first-order valence-electron chi connectivity index (χ1n) is 7.11. The molecule has 1 aliphatic rings. The summed E-state index contributed by atoms with van der Waals surface area (Å²) in [5.74, 6) is 0.497. The first-order valence-corrected chi connectivity index (χ1v) is 7.11. The fourth-order valence-corrected chi connectivity index (χ4v) is 2.73. The number of nitrogens with two attached hydrogens (primary N) is 1. The van der Waals surface area contributed by atoms with Gasteiger partial charge in [-0.25, -0.2) is 0 Å². The van der Waals surface area contributed by atoms with Gasteiger partial charge >= 0.3 is 0 Å². The van der Waals surface area contributed by atoms with Gasteiger partial charge in [0, 0.05) is 6.04 Å². The van der Waals surface area contributed by atoms with Gasteiger partial charge in [-0.1, -0.05) is 26.2 Å². The lowest BCUT2D eigenvalue weighted by Gasteiger charge is -2.23. The summed E-state index contributed by atoms with van der Waals surface area (Å²) in [4.78, 5) is 16.5. The Balaban J connectivity index is 2.09. The van der Waals surface area contributed by atoms with Crippen LogP contribution in [0.1, 0.15) is 55.1 Å². The van der Waals surface area contributed by atoms with Gasteiger partial charge in [0.05, 0.1) is 23.1 Å². The van der Waals surface area contributed by atoms with E-state index in [2.05, 4.69) is 17.2 Å². The fourth-order valence-electron chi connectivity index (χ4n) is 2.73. The van der Waals surface area contributed by atoms with Crippen LogP contribution in [0.5, 0.6) is 0 Å². The molecule has 1 amide bonds. The van der Waals surface area contributed by atoms with Crippen LogP contribution in [-0.4, -0.2) is 16.9 Å². The van der Waals surface area contributed by atoms with Crippen LogP contribution >= 0.6 is 0 Å². The van der Waals surface area contributed by atoms with E-state index < -0.39 is 0 Å². The molecule has 0 aliphatic heterocycles. The molecule has 0 saturated heterocycles. The molecule has 3 N–H and O–H groups in total. The Hall–Kier alpha value is -1.58. The van der Waals surface area contributed by atoms with Crippen LogP contribution in [0, 0.1) is 12.8 Å². The van der Waals surface area contributed by atoms with E-state index in [-0.39, 0.29) is 11.9 Å². The smallest absolute Gasteiger partial charge is 0.253 e. The van der Waals surface area contributed by atoms with Crippen LogP contribution < -0.4 is 11.1 Å². The highest BCUT2D eigenvalue weighted by molar-refractivity contribution is 5.96. The second kappa shape index (κ2) is 6.04. The Morgan fingerprint density at radius 1 is 1.37 bits per heavy atom. The van der Waals surface area contributed by atoms with Gasteiger partial charge in [0.1, 0.15) is 0 Å². The van der Waals surface area contributed by atoms with Crippen molar-refractivity contribution in [1.82, 2.24) is 10.3 Å². The van der Waals surface area contributed by atoms with Crippen molar-refractivity contribution < 1.29 is 4.79 Å². The zero-order valence-corrected chi connectivity index (χ0v) is 11.8. The zero-order valence-electron chi connectivity index (χ0n) is 11.8. The lowest BCUT2D eigenvalue weighted by atomic mass is 9.96. The molecule has 4 heteroatoms. The number of nitrogens with one attached hydrogen (secondary N) is 1. The maximum Gasteiger partial charge on any atom is 0.253 e. The van der Waals surface area contributed by atoms with E-state index >= 15 is 0 Å². The summed E-state index contributed by atoms with van der Waals surface area (Å²) >= 11 is 0. The quantitative estimate of drug-likeness (QED) is 0.804. The molecule has 1 aliphatic carbocycles. The Labute approximate surface area is 114 Å². The molecule has 1 fully saturated rings. The second-order valence-electron chi connectivity index (χ2n) is 5.60. The maximum atomic E-state index is 12.3. The van der Waals surface area contributed by atoms with Crippen molar-refractivity contribution in [2.24, 2.45) is 5.92 Å². The molecule has 4 nitrogen and oxygen atoms in total. The number of anilines is 1. The minimum absolute atomic E-state index is 0.0453. The van der Waals surface area contributed by atoms with E-state index in [1.54, 1.807) is 12.3 Å². The van der Waals surface area contributed by atoms with Crippen molar-refractivity contribution in [1.29, 1.82) is 0 Å². The molecule has 2 rings (SSSR count). The molecule has 0 radical (unpaired) electrons. The monoisotopic (exact) mass is 261 g/mol. The first-order chi connectivity index (χ1) is 9.08. The van der Waals surface area contributed by atoms with E-state index in [1.165, 1.54) is 25.7 Å². The predicted octanol–water partition coefficient (Wildman–Crippen LogP) is 2.67. The molecule has 19 heavy (non-hydrogen) atoms. The Bertz CT molecular complexity index is 459. The molecule has 104 valence electrons. The van der Waals surface area contributed by atoms with Gasteiger partial charge < -0.3 is 11.1 Å². The average Bonchev–Trinajstić information content (AvgIpc) is 2.58. The largest absolute Gasteiger partial charge is 0.397 e. The van der Waals surface area contributed by atoms with Crippen LogP contribution in [0.2, 0.25) is 0 Å². The molecule has 1 heterocycles. The second-order valence-corrected chi connectivity index (χ2v) is 5.60. The number of carbonyl (C=O) groups is 1. The molecule has 1 saturated carbocycles. The molecule has 1 aromatic rings. The molecule has 2 atom stereocenters. The summed E-state index contributed by atoms with van der Waals surface area (Å²) in [6.07, 6.45) is 7.59. The van der Waals surface area contributed by atoms with E-state index in [0.717, 1.165) is 12.1 Å². The summed E-state index contributed by atoms with van der Waals surface area (Å²) in [5.41, 5.74) is 7.56. The molecule has 0 aromatic carbocycles. The number of rotatable bonds is 2. The third-order valence-corrected chi connectivity index (χ3v) is 4.03. The Kier molecular flexibility index (Phi) is 4.40. The molecule has 1 aromatic heterocycles. The van der Waals surface area contributed by atoms with Crippen molar-refractivity contribution in [3.8, 4) is 0 Å². The predicted molar refractivity (Wildman–Crippen MR) is 76.9 cm³/mol. The van der Waals surface area contributed by atoms with Crippen LogP contribution in [0.3, 0.4) is 0 Å². The van der Waals surface area contributed by atoms with E-state index in [0.29, 0.717) is 17.2 Å². The number of pyridine rings is 1. The van der Waals surface area contributed by atoms with Crippen LogP contribution in [-0.2, 0) is 0 Å². The van der Waals surface area contributed by atoms with E-state index in [9.17, 15) is 4.79 Å². The van der Waals surface area contributed by atoms with Gasteiger partial charge in [-0.05, 0) is 31.7 Å². The number of aryl methyl sites for hydroxylation is 1. The number of aromatic nitrogens is 1. The van der Waals surface area contributed by atoms with Crippen LogP contribution in [0.4, 0.5) is 5.69 Å². The van der Waals surface area contributed by atoms with Crippen molar-refractivity contribution >= 4 is 11.6 Å². The zero-order chi connectivity index (χ0) is 13.8. The minimum Gasteiger partial charge on any atom is -0.397 e. The maximum absolute atomic E-state index is 12.3. The standard InChI is InChI=1S/C15H23N3O/c1-10-6-4-3-5-7-14(10)18-15(19)13-8-12(16)9-17-11(13)2/h8-10,14H,3-7,16H2,1-2H3,(H,18,19). The molecular weight excluding hydrogens is 238 g/mol. The van der Waals surface area contributed by atoms with E-state index in [4.69, 9.17) is 5.73 Å². The highest BCUT2D eigenvalue weighted by Crippen LogP contribution is 2.23. The minimum atomic E-state index is -0.0453. The van der Waals surface area contributed by atoms with Gasteiger partial charge in [0.25, 0.3) is 5.91 Å². The van der Waals surface area contributed by atoms with Gasteiger partial charge in [-0.2, -0.15) is 0 Å². The topological polar surface area (TPSA) is 68.0 Å². The Morgan fingerprint density at radius 3 is 2.89 bits per heavy atom. The third-order valence-electron chi connectivity index (χ3n) is 4.03. The average molecular weight is 261 g/mol. The SMILES string of the molecule is Cc1ncc(N)cc1C(=O)NC1CCCCCC1C. The molecule has 0 bridgehead atoms. The number of hydrogen-bond donors (Lipinski definition) is 2. The number of amides is 1. The summed E-state index contributed by atoms with van der Waals surface area (Å²) in [6, 6.07) is 1.98. The van der Waals surface area contributed by atoms with Gasteiger partial charge in [0.2, 0.25) is 0 Å². The number of carbonyl (C=O) groups excluding carboxylic acids is 1. The highest BCUT2D eigenvalue weighted by atomic mass is 16.1. The lowest BCUT2D eigenvalue weighted by molar-refractivity contribution is 0.0920. The molecule has 0 spiro atoms. The van der Waals surface area contributed by atoms with Crippen LogP contribution in [0.25, 0.3) is 0 Å². The first kappa shape index (κ1) is 13.8. The normalized spacial score (nSPS) is 23.7.